The molecule has 3 nitrogen and oxygen atoms in total. The molecule has 3 aliphatic rings. The Morgan fingerprint density at radius 2 is 1.67 bits per heavy atom. The summed E-state index contributed by atoms with van der Waals surface area (Å²) in [6.45, 7) is 1.47. The van der Waals surface area contributed by atoms with Crippen LogP contribution < -0.4 is 4.90 Å². The topological polar surface area (TPSA) is 32.8 Å². The van der Waals surface area contributed by atoms with Gasteiger partial charge in [0.2, 0.25) is 5.91 Å². The standard InChI is InChI=1S/C18H20F3NO2/c19-18(20,21)11-13-1-3-14(4-2-13)22-10-9-16(15(22)23)5-7-17(8-6-16)12-24-17/h1-4H,5-12H2. The van der Waals surface area contributed by atoms with Gasteiger partial charge in [-0.2, -0.15) is 13.2 Å². The first-order valence-corrected chi connectivity index (χ1v) is 8.43. The molecule has 0 aromatic heterocycles. The van der Waals surface area contributed by atoms with E-state index < -0.39 is 12.6 Å². The van der Waals surface area contributed by atoms with E-state index in [0.717, 1.165) is 38.7 Å². The van der Waals surface area contributed by atoms with Gasteiger partial charge in [0.1, 0.15) is 0 Å². The zero-order chi connectivity index (χ0) is 17.0. The molecular formula is C18H20F3NO2. The molecule has 0 bridgehead atoms. The van der Waals surface area contributed by atoms with Crippen LogP contribution in [0.2, 0.25) is 0 Å². The van der Waals surface area contributed by atoms with Crippen LogP contribution in [0.4, 0.5) is 18.9 Å². The molecule has 1 aromatic carbocycles. The van der Waals surface area contributed by atoms with Crippen LogP contribution >= 0.6 is 0 Å². The summed E-state index contributed by atoms with van der Waals surface area (Å²) in [7, 11) is 0. The summed E-state index contributed by atoms with van der Waals surface area (Å²) in [5.74, 6) is 0.126. The van der Waals surface area contributed by atoms with Gasteiger partial charge in [-0.1, -0.05) is 12.1 Å². The van der Waals surface area contributed by atoms with Crippen molar-refractivity contribution in [1.82, 2.24) is 0 Å². The molecule has 1 amide bonds. The number of nitrogens with zero attached hydrogens (tertiary/aromatic N) is 1. The maximum absolute atomic E-state index is 12.9. The van der Waals surface area contributed by atoms with Crippen LogP contribution in [-0.2, 0) is 16.0 Å². The van der Waals surface area contributed by atoms with Gasteiger partial charge in [0.05, 0.1) is 24.0 Å². The Balaban J connectivity index is 1.46. The number of hydrogen-bond donors (Lipinski definition) is 0. The van der Waals surface area contributed by atoms with Crippen LogP contribution in [0.1, 0.15) is 37.7 Å². The van der Waals surface area contributed by atoms with Crippen LogP contribution in [-0.4, -0.2) is 30.8 Å². The van der Waals surface area contributed by atoms with Crippen LogP contribution in [0.25, 0.3) is 0 Å². The minimum atomic E-state index is -4.21. The van der Waals surface area contributed by atoms with Gasteiger partial charge in [-0.15, -0.1) is 0 Å². The minimum Gasteiger partial charge on any atom is -0.370 e. The average Bonchev–Trinajstić information content (AvgIpc) is 3.22. The number of benzene rings is 1. The van der Waals surface area contributed by atoms with E-state index in [1.165, 1.54) is 12.1 Å². The molecule has 1 saturated carbocycles. The normalized spacial score (nSPS) is 32.8. The monoisotopic (exact) mass is 339 g/mol. The molecule has 0 N–H and O–H groups in total. The Morgan fingerprint density at radius 1 is 1.04 bits per heavy atom. The van der Waals surface area contributed by atoms with E-state index in [1.54, 1.807) is 17.0 Å². The van der Waals surface area contributed by atoms with Crippen molar-refractivity contribution in [3.05, 3.63) is 29.8 Å². The molecule has 1 aromatic rings. The molecule has 4 rings (SSSR count). The van der Waals surface area contributed by atoms with Gasteiger partial charge in [0, 0.05) is 12.2 Å². The highest BCUT2D eigenvalue weighted by atomic mass is 19.4. The molecule has 2 aliphatic heterocycles. The van der Waals surface area contributed by atoms with Crippen molar-refractivity contribution in [3.8, 4) is 0 Å². The second-order valence-corrected chi connectivity index (χ2v) is 7.42. The molecule has 0 radical (unpaired) electrons. The van der Waals surface area contributed by atoms with Crippen LogP contribution in [0.5, 0.6) is 0 Å². The number of carbonyl (C=O) groups excluding carboxylic acids is 1. The van der Waals surface area contributed by atoms with E-state index in [4.69, 9.17) is 4.74 Å². The highest BCUT2D eigenvalue weighted by Gasteiger charge is 2.56. The fourth-order valence-electron chi connectivity index (χ4n) is 4.13. The summed E-state index contributed by atoms with van der Waals surface area (Å²) in [6.07, 6.45) is -0.728. The first-order chi connectivity index (χ1) is 11.3. The molecule has 0 atom stereocenters. The van der Waals surface area contributed by atoms with Gasteiger partial charge in [-0.3, -0.25) is 4.79 Å². The second kappa shape index (κ2) is 5.22. The van der Waals surface area contributed by atoms with Crippen molar-refractivity contribution in [3.63, 3.8) is 0 Å². The number of amides is 1. The number of epoxide rings is 1. The van der Waals surface area contributed by atoms with Crippen molar-refractivity contribution in [1.29, 1.82) is 0 Å². The zero-order valence-corrected chi connectivity index (χ0v) is 13.4. The first kappa shape index (κ1) is 15.9. The van der Waals surface area contributed by atoms with E-state index in [-0.39, 0.29) is 22.5 Å². The van der Waals surface area contributed by atoms with Crippen molar-refractivity contribution < 1.29 is 22.7 Å². The Bertz CT molecular complexity index is 639. The highest BCUT2D eigenvalue weighted by Crippen LogP contribution is 2.53. The van der Waals surface area contributed by atoms with Crippen LogP contribution in [0.15, 0.2) is 24.3 Å². The Kier molecular flexibility index (Phi) is 3.46. The summed E-state index contributed by atoms with van der Waals surface area (Å²) in [5, 5.41) is 0. The Hall–Kier alpha value is -1.56. The molecule has 2 heterocycles. The summed E-state index contributed by atoms with van der Waals surface area (Å²) >= 11 is 0. The summed E-state index contributed by atoms with van der Waals surface area (Å²) in [6, 6.07) is 6.20. The third-order valence-electron chi connectivity index (χ3n) is 5.84. The van der Waals surface area contributed by atoms with Gasteiger partial charge in [-0.25, -0.2) is 0 Å². The number of rotatable bonds is 2. The Morgan fingerprint density at radius 3 is 2.21 bits per heavy atom. The fraction of sp³-hybridized carbons (Fsp3) is 0.611. The predicted octanol–water partition coefficient (Wildman–Crippen LogP) is 3.86. The van der Waals surface area contributed by atoms with E-state index in [9.17, 15) is 18.0 Å². The quantitative estimate of drug-likeness (QED) is 0.767. The molecule has 0 unspecified atom stereocenters. The molecule has 2 saturated heterocycles. The number of anilines is 1. The SMILES string of the molecule is O=C1N(c2ccc(CC(F)(F)F)cc2)CCC12CCC1(CC2)CO1. The number of hydrogen-bond acceptors (Lipinski definition) is 2. The van der Waals surface area contributed by atoms with Crippen molar-refractivity contribution in [2.45, 2.75) is 50.3 Å². The Labute approximate surface area is 138 Å². The number of ether oxygens (including phenoxy) is 1. The van der Waals surface area contributed by atoms with Crippen LogP contribution in [0, 0.1) is 5.41 Å². The van der Waals surface area contributed by atoms with Crippen molar-refractivity contribution >= 4 is 11.6 Å². The molecule has 1 aliphatic carbocycles. The average molecular weight is 339 g/mol. The molecular weight excluding hydrogens is 319 g/mol. The molecule has 130 valence electrons. The third kappa shape index (κ3) is 2.81. The minimum absolute atomic E-state index is 0.0538. The predicted molar refractivity (Wildman–Crippen MR) is 82.8 cm³/mol. The summed E-state index contributed by atoms with van der Waals surface area (Å²) in [5.41, 5.74) is 0.684. The molecule has 3 fully saturated rings. The smallest absolute Gasteiger partial charge is 0.370 e. The number of halogens is 3. The lowest BCUT2D eigenvalue weighted by Crippen LogP contribution is -2.39. The zero-order valence-electron chi connectivity index (χ0n) is 13.4. The van der Waals surface area contributed by atoms with Gasteiger partial charge in [0.15, 0.2) is 0 Å². The van der Waals surface area contributed by atoms with Gasteiger partial charge in [0.25, 0.3) is 0 Å². The lowest BCUT2D eigenvalue weighted by Gasteiger charge is -2.34. The van der Waals surface area contributed by atoms with Gasteiger partial charge < -0.3 is 9.64 Å². The maximum atomic E-state index is 12.9. The fourth-order valence-corrected chi connectivity index (χ4v) is 4.13. The van der Waals surface area contributed by atoms with Crippen molar-refractivity contribution in [2.75, 3.05) is 18.1 Å². The maximum Gasteiger partial charge on any atom is 0.393 e. The summed E-state index contributed by atoms with van der Waals surface area (Å²) < 4.78 is 42.8. The lowest BCUT2D eigenvalue weighted by atomic mass is 9.69. The van der Waals surface area contributed by atoms with E-state index in [1.807, 2.05) is 0 Å². The number of alkyl halides is 3. The largest absolute Gasteiger partial charge is 0.393 e. The van der Waals surface area contributed by atoms with E-state index in [2.05, 4.69) is 0 Å². The molecule has 2 spiro atoms. The third-order valence-corrected chi connectivity index (χ3v) is 5.84. The van der Waals surface area contributed by atoms with Gasteiger partial charge >= 0.3 is 6.18 Å². The highest BCUT2D eigenvalue weighted by molar-refractivity contribution is 6.00. The first-order valence-electron chi connectivity index (χ1n) is 8.43. The van der Waals surface area contributed by atoms with Crippen molar-refractivity contribution in [2.24, 2.45) is 5.41 Å². The van der Waals surface area contributed by atoms with Crippen LogP contribution in [0.3, 0.4) is 0 Å². The second-order valence-electron chi connectivity index (χ2n) is 7.42. The van der Waals surface area contributed by atoms with E-state index >= 15 is 0 Å². The van der Waals surface area contributed by atoms with Gasteiger partial charge in [-0.05, 0) is 49.8 Å². The molecule has 24 heavy (non-hydrogen) atoms. The molecule has 6 heteroatoms. The van der Waals surface area contributed by atoms with E-state index in [0.29, 0.717) is 12.2 Å². The lowest BCUT2D eigenvalue weighted by molar-refractivity contribution is -0.128. The summed E-state index contributed by atoms with van der Waals surface area (Å²) in [4.78, 5) is 14.7. The number of carbonyl (C=O) groups is 1.